The molecule has 1 atom stereocenters. The van der Waals surface area contributed by atoms with Gasteiger partial charge in [0.05, 0.1) is 5.60 Å². The Morgan fingerprint density at radius 3 is 2.81 bits per heavy atom. The lowest BCUT2D eigenvalue weighted by atomic mass is 10.1. The number of aromatic carboxylic acids is 1. The van der Waals surface area contributed by atoms with Gasteiger partial charge in [0.15, 0.2) is 11.5 Å². The molecule has 0 saturated heterocycles. The van der Waals surface area contributed by atoms with Crippen LogP contribution in [-0.2, 0) is 0 Å². The number of hydrogen-bond donors (Lipinski definition) is 3. The SMILES string of the molecule is CN(C)CC(C)(O)CNc1nc2ccccn2c1C(=O)O. The summed E-state index contributed by atoms with van der Waals surface area (Å²) in [4.78, 5) is 17.6. The lowest BCUT2D eigenvalue weighted by Crippen LogP contribution is -2.43. The Morgan fingerprint density at radius 1 is 1.48 bits per heavy atom. The van der Waals surface area contributed by atoms with Gasteiger partial charge < -0.3 is 20.4 Å². The van der Waals surface area contributed by atoms with Crippen LogP contribution >= 0.6 is 0 Å². The Labute approximate surface area is 122 Å². The van der Waals surface area contributed by atoms with E-state index in [1.165, 1.54) is 4.40 Å². The Balaban J connectivity index is 2.26. The summed E-state index contributed by atoms with van der Waals surface area (Å²) >= 11 is 0. The highest BCUT2D eigenvalue weighted by molar-refractivity contribution is 5.92. The molecule has 0 fully saturated rings. The van der Waals surface area contributed by atoms with E-state index in [4.69, 9.17) is 0 Å². The van der Waals surface area contributed by atoms with Gasteiger partial charge in [-0.3, -0.25) is 4.40 Å². The van der Waals surface area contributed by atoms with Crippen LogP contribution in [0.3, 0.4) is 0 Å². The summed E-state index contributed by atoms with van der Waals surface area (Å²) in [5, 5.41) is 22.6. The number of carbonyl (C=O) groups is 1. The fourth-order valence-corrected chi connectivity index (χ4v) is 2.33. The molecular weight excluding hydrogens is 272 g/mol. The van der Waals surface area contributed by atoms with E-state index in [2.05, 4.69) is 10.3 Å². The number of rotatable bonds is 6. The second-order valence-corrected chi connectivity index (χ2v) is 5.63. The highest BCUT2D eigenvalue weighted by atomic mass is 16.4. The number of imidazole rings is 1. The molecule has 0 aliphatic rings. The Morgan fingerprint density at radius 2 is 2.19 bits per heavy atom. The molecular formula is C14H20N4O3. The Kier molecular flexibility index (Phi) is 4.15. The van der Waals surface area contributed by atoms with Crippen molar-refractivity contribution >= 4 is 17.4 Å². The van der Waals surface area contributed by atoms with Crippen molar-refractivity contribution in [3.05, 3.63) is 30.1 Å². The number of carboxylic acids is 1. The topological polar surface area (TPSA) is 90.1 Å². The average Bonchev–Trinajstić information content (AvgIpc) is 2.73. The van der Waals surface area contributed by atoms with Crippen molar-refractivity contribution in [3.8, 4) is 0 Å². The first-order valence-corrected chi connectivity index (χ1v) is 6.61. The van der Waals surface area contributed by atoms with Crippen molar-refractivity contribution in [3.63, 3.8) is 0 Å². The van der Waals surface area contributed by atoms with Crippen molar-refractivity contribution in [1.82, 2.24) is 14.3 Å². The van der Waals surface area contributed by atoms with E-state index >= 15 is 0 Å². The average molecular weight is 292 g/mol. The summed E-state index contributed by atoms with van der Waals surface area (Å²) in [7, 11) is 3.73. The largest absolute Gasteiger partial charge is 0.476 e. The maximum Gasteiger partial charge on any atom is 0.356 e. The molecule has 0 aliphatic heterocycles. The van der Waals surface area contributed by atoms with Gasteiger partial charge in [0, 0.05) is 19.3 Å². The molecule has 0 aromatic carbocycles. The zero-order valence-electron chi connectivity index (χ0n) is 12.4. The zero-order chi connectivity index (χ0) is 15.6. The summed E-state index contributed by atoms with van der Waals surface area (Å²) < 4.78 is 1.51. The monoisotopic (exact) mass is 292 g/mol. The molecule has 3 N–H and O–H groups in total. The third-order valence-electron chi connectivity index (χ3n) is 3.03. The molecule has 2 aromatic rings. The summed E-state index contributed by atoms with van der Waals surface area (Å²) in [5.74, 6) is -0.809. The van der Waals surface area contributed by atoms with Crippen molar-refractivity contribution in [2.24, 2.45) is 0 Å². The third kappa shape index (κ3) is 3.50. The van der Waals surface area contributed by atoms with E-state index in [1.54, 1.807) is 31.3 Å². The van der Waals surface area contributed by atoms with E-state index in [0.29, 0.717) is 12.2 Å². The molecule has 7 nitrogen and oxygen atoms in total. The molecule has 0 saturated carbocycles. The molecule has 21 heavy (non-hydrogen) atoms. The summed E-state index contributed by atoms with van der Waals surface area (Å²) in [6, 6.07) is 5.27. The second-order valence-electron chi connectivity index (χ2n) is 5.63. The molecule has 2 aromatic heterocycles. The van der Waals surface area contributed by atoms with Crippen LogP contribution in [0.5, 0.6) is 0 Å². The minimum atomic E-state index is -1.07. The molecule has 1 unspecified atom stereocenters. The van der Waals surface area contributed by atoms with Crippen LogP contribution in [0.4, 0.5) is 5.82 Å². The zero-order valence-corrected chi connectivity index (χ0v) is 12.4. The molecule has 0 aliphatic carbocycles. The number of fused-ring (bicyclic) bond motifs is 1. The highest BCUT2D eigenvalue weighted by Gasteiger charge is 2.24. The second kappa shape index (κ2) is 5.71. The normalized spacial score (nSPS) is 14.3. The maximum atomic E-state index is 11.4. The standard InChI is InChI=1S/C14H20N4O3/c1-14(21,9-17(2)3)8-15-12-11(13(19)20)18-7-5-4-6-10(18)16-12/h4-7,15,21H,8-9H2,1-3H3,(H,19,20). The van der Waals surface area contributed by atoms with Gasteiger partial charge in [0.1, 0.15) is 5.65 Å². The van der Waals surface area contributed by atoms with Crippen molar-refractivity contribution < 1.29 is 15.0 Å². The van der Waals surface area contributed by atoms with E-state index < -0.39 is 11.6 Å². The molecule has 0 amide bonds. The quantitative estimate of drug-likeness (QED) is 0.728. The van der Waals surface area contributed by atoms with E-state index in [-0.39, 0.29) is 18.1 Å². The van der Waals surface area contributed by atoms with Crippen molar-refractivity contribution in [1.29, 1.82) is 0 Å². The first kappa shape index (κ1) is 15.3. The van der Waals surface area contributed by atoms with E-state index in [0.717, 1.165) is 0 Å². The van der Waals surface area contributed by atoms with Gasteiger partial charge in [-0.05, 0) is 33.2 Å². The van der Waals surface area contributed by atoms with Gasteiger partial charge in [-0.1, -0.05) is 6.07 Å². The van der Waals surface area contributed by atoms with Gasteiger partial charge in [-0.15, -0.1) is 0 Å². The van der Waals surface area contributed by atoms with Gasteiger partial charge in [0.2, 0.25) is 0 Å². The minimum Gasteiger partial charge on any atom is -0.476 e. The van der Waals surface area contributed by atoms with Gasteiger partial charge in [-0.2, -0.15) is 0 Å². The van der Waals surface area contributed by atoms with Crippen LogP contribution in [-0.4, -0.2) is 63.3 Å². The number of pyridine rings is 1. The van der Waals surface area contributed by atoms with Crippen LogP contribution < -0.4 is 5.32 Å². The van der Waals surface area contributed by atoms with Crippen LogP contribution in [0, 0.1) is 0 Å². The molecule has 0 radical (unpaired) electrons. The number of nitrogens with zero attached hydrogens (tertiary/aromatic N) is 3. The fraction of sp³-hybridized carbons (Fsp3) is 0.429. The van der Waals surface area contributed by atoms with Crippen LogP contribution in [0.2, 0.25) is 0 Å². The number of carboxylic acid groups (broad SMARTS) is 1. The van der Waals surface area contributed by atoms with Crippen LogP contribution in [0.25, 0.3) is 5.65 Å². The van der Waals surface area contributed by atoms with Crippen molar-refractivity contribution in [2.45, 2.75) is 12.5 Å². The summed E-state index contributed by atoms with van der Waals surface area (Å²) in [6.07, 6.45) is 1.65. The van der Waals surface area contributed by atoms with E-state index in [1.807, 2.05) is 19.0 Å². The number of anilines is 1. The van der Waals surface area contributed by atoms with Gasteiger partial charge in [-0.25, -0.2) is 9.78 Å². The molecule has 7 heteroatoms. The number of hydrogen-bond acceptors (Lipinski definition) is 5. The number of likely N-dealkylation sites (N-methyl/N-ethyl adjacent to an activating group) is 1. The molecule has 0 spiro atoms. The third-order valence-corrected chi connectivity index (χ3v) is 3.03. The van der Waals surface area contributed by atoms with E-state index in [9.17, 15) is 15.0 Å². The minimum absolute atomic E-state index is 0.0613. The van der Waals surface area contributed by atoms with Crippen molar-refractivity contribution in [2.75, 3.05) is 32.5 Å². The predicted molar refractivity (Wildman–Crippen MR) is 79.8 cm³/mol. The van der Waals surface area contributed by atoms with Crippen LogP contribution in [0.1, 0.15) is 17.4 Å². The first-order chi connectivity index (χ1) is 9.80. The maximum absolute atomic E-state index is 11.4. The number of aromatic nitrogens is 2. The first-order valence-electron chi connectivity index (χ1n) is 6.61. The molecule has 0 bridgehead atoms. The number of aliphatic hydroxyl groups is 1. The lowest BCUT2D eigenvalue weighted by Gasteiger charge is -2.27. The van der Waals surface area contributed by atoms with Gasteiger partial charge >= 0.3 is 5.97 Å². The Hall–Kier alpha value is -2.12. The summed E-state index contributed by atoms with van der Waals surface area (Å²) in [6.45, 7) is 2.35. The summed E-state index contributed by atoms with van der Waals surface area (Å²) in [5.41, 5.74) is -0.384. The fourth-order valence-electron chi connectivity index (χ4n) is 2.33. The highest BCUT2D eigenvalue weighted by Crippen LogP contribution is 2.18. The lowest BCUT2D eigenvalue weighted by molar-refractivity contribution is 0.0457. The van der Waals surface area contributed by atoms with Crippen LogP contribution in [0.15, 0.2) is 24.4 Å². The molecule has 2 rings (SSSR count). The van der Waals surface area contributed by atoms with Gasteiger partial charge in [0.25, 0.3) is 0 Å². The molecule has 2 heterocycles. The smallest absolute Gasteiger partial charge is 0.356 e. The molecule has 114 valence electrons. The predicted octanol–water partition coefficient (Wildman–Crippen LogP) is 0.757. The number of nitrogens with one attached hydrogen (secondary N) is 1. The Bertz CT molecular complexity index is 649.